The van der Waals surface area contributed by atoms with Gasteiger partial charge in [-0.3, -0.25) is 20.4 Å². The molecule has 27 heavy (non-hydrogen) atoms. The lowest BCUT2D eigenvalue weighted by Gasteiger charge is -2.55. The van der Waals surface area contributed by atoms with Gasteiger partial charge in [0.2, 0.25) is 11.8 Å². The summed E-state index contributed by atoms with van der Waals surface area (Å²) in [6, 6.07) is 5.78. The molecular weight excluding hydrogens is 347 g/mol. The molecule has 146 valence electrons. The van der Waals surface area contributed by atoms with E-state index in [1.165, 1.54) is 31.4 Å². The molecule has 0 heterocycles. The lowest BCUT2D eigenvalue weighted by atomic mass is 9.49. The van der Waals surface area contributed by atoms with Crippen LogP contribution in [0.3, 0.4) is 0 Å². The van der Waals surface area contributed by atoms with Crippen LogP contribution < -0.4 is 15.6 Å². The maximum absolute atomic E-state index is 12.8. The first kappa shape index (κ1) is 18.3. The van der Waals surface area contributed by atoms with Crippen LogP contribution in [-0.4, -0.2) is 18.4 Å². The highest BCUT2D eigenvalue weighted by atomic mass is 19.1. The molecule has 0 unspecified atom stereocenters. The molecule has 4 saturated carbocycles. The summed E-state index contributed by atoms with van der Waals surface area (Å²) in [7, 11) is 0. The van der Waals surface area contributed by atoms with Gasteiger partial charge in [0.1, 0.15) is 11.6 Å². The van der Waals surface area contributed by atoms with Crippen LogP contribution in [0, 0.1) is 29.0 Å². The lowest BCUT2D eigenvalue weighted by Crippen LogP contribution is -2.56. The highest BCUT2D eigenvalue weighted by Gasteiger charge is 2.54. The quantitative estimate of drug-likeness (QED) is 0.593. The van der Waals surface area contributed by atoms with Gasteiger partial charge in [-0.1, -0.05) is 0 Å². The van der Waals surface area contributed by atoms with Gasteiger partial charge in [-0.2, -0.15) is 0 Å². The molecule has 2 amide bonds. The molecular formula is C21H27FN2O3. The summed E-state index contributed by atoms with van der Waals surface area (Å²) in [5.41, 5.74) is 5.00. The highest BCUT2D eigenvalue weighted by Crippen LogP contribution is 2.60. The van der Waals surface area contributed by atoms with Crippen LogP contribution in [0.1, 0.15) is 51.4 Å². The number of carbonyl (C=O) groups excluding carboxylic acids is 2. The second-order valence-electron chi connectivity index (χ2n) is 8.61. The summed E-state index contributed by atoms with van der Waals surface area (Å²) in [4.78, 5) is 24.8. The van der Waals surface area contributed by atoms with Gasteiger partial charge < -0.3 is 4.74 Å². The van der Waals surface area contributed by atoms with Gasteiger partial charge >= 0.3 is 0 Å². The first-order valence-electron chi connectivity index (χ1n) is 10.00. The number of hydrazine groups is 1. The third-order valence-electron chi connectivity index (χ3n) is 6.47. The summed E-state index contributed by atoms with van der Waals surface area (Å²) in [5.74, 6) is 2.14. The Bertz CT molecular complexity index is 669. The Balaban J connectivity index is 1.17. The van der Waals surface area contributed by atoms with E-state index < -0.39 is 0 Å². The van der Waals surface area contributed by atoms with Crippen molar-refractivity contribution in [3.05, 3.63) is 30.1 Å². The molecule has 0 aliphatic heterocycles. The Morgan fingerprint density at radius 1 is 1.00 bits per heavy atom. The fraction of sp³-hybridized carbons (Fsp3) is 0.619. The van der Waals surface area contributed by atoms with Gasteiger partial charge in [-0.05, 0) is 87.0 Å². The van der Waals surface area contributed by atoms with Crippen molar-refractivity contribution in [3.63, 3.8) is 0 Å². The van der Waals surface area contributed by atoms with Gasteiger partial charge in [0.15, 0.2) is 0 Å². The second kappa shape index (κ2) is 7.49. The minimum Gasteiger partial charge on any atom is -0.494 e. The maximum Gasteiger partial charge on any atom is 0.244 e. The van der Waals surface area contributed by atoms with Crippen LogP contribution in [0.4, 0.5) is 4.39 Å². The number of hydrogen-bond acceptors (Lipinski definition) is 3. The molecule has 6 heteroatoms. The molecule has 5 nitrogen and oxygen atoms in total. The molecule has 4 aliphatic carbocycles. The van der Waals surface area contributed by atoms with Crippen molar-refractivity contribution < 1.29 is 18.7 Å². The maximum atomic E-state index is 12.8. The molecule has 0 atom stereocenters. The first-order chi connectivity index (χ1) is 13.0. The Morgan fingerprint density at radius 3 is 2.19 bits per heavy atom. The summed E-state index contributed by atoms with van der Waals surface area (Å²) in [6.07, 6.45) is 7.58. The predicted molar refractivity (Wildman–Crippen MR) is 98.0 cm³/mol. The van der Waals surface area contributed by atoms with Crippen molar-refractivity contribution in [2.75, 3.05) is 6.61 Å². The number of benzene rings is 1. The Morgan fingerprint density at radius 2 is 1.59 bits per heavy atom. The zero-order valence-electron chi connectivity index (χ0n) is 15.5. The van der Waals surface area contributed by atoms with Gasteiger partial charge in [0.05, 0.1) is 12.0 Å². The van der Waals surface area contributed by atoms with Crippen molar-refractivity contribution in [2.45, 2.75) is 51.4 Å². The number of rotatable bonds is 6. The number of carbonyl (C=O) groups is 2. The van der Waals surface area contributed by atoms with E-state index in [4.69, 9.17) is 4.74 Å². The lowest BCUT2D eigenvalue weighted by molar-refractivity contribution is -0.148. The molecule has 1 aromatic rings. The number of ether oxygens (including phenoxy) is 1. The van der Waals surface area contributed by atoms with Crippen LogP contribution in [0.5, 0.6) is 5.75 Å². The molecule has 1 aromatic carbocycles. The molecule has 0 spiro atoms. The Labute approximate surface area is 159 Å². The topological polar surface area (TPSA) is 67.4 Å². The van der Waals surface area contributed by atoms with E-state index in [1.807, 2.05) is 0 Å². The second-order valence-corrected chi connectivity index (χ2v) is 8.61. The van der Waals surface area contributed by atoms with E-state index >= 15 is 0 Å². The Kier molecular flexibility index (Phi) is 5.06. The van der Waals surface area contributed by atoms with Crippen molar-refractivity contribution in [1.82, 2.24) is 10.9 Å². The van der Waals surface area contributed by atoms with E-state index in [9.17, 15) is 14.0 Å². The van der Waals surface area contributed by atoms with Gasteiger partial charge in [0.25, 0.3) is 0 Å². The van der Waals surface area contributed by atoms with Gasteiger partial charge in [-0.25, -0.2) is 4.39 Å². The third-order valence-corrected chi connectivity index (χ3v) is 6.47. The molecule has 4 aliphatic rings. The van der Waals surface area contributed by atoms with Crippen molar-refractivity contribution in [2.24, 2.45) is 23.2 Å². The minimum atomic E-state index is -0.309. The molecule has 4 fully saturated rings. The summed E-state index contributed by atoms with van der Waals surface area (Å²) in [6.45, 7) is 0.363. The molecule has 4 bridgehead atoms. The van der Waals surface area contributed by atoms with Gasteiger partial charge in [0, 0.05) is 6.42 Å². The molecule has 0 aromatic heterocycles. The standard InChI is InChI=1S/C21H27FN2O3/c22-17-3-5-18(6-4-17)27-7-1-2-19(25)23-24-20(26)21-11-14-8-15(12-21)10-16(9-14)13-21/h3-6,14-16H,1-2,7-13H2,(H,23,25)(H,24,26). The van der Waals surface area contributed by atoms with Crippen LogP contribution in [-0.2, 0) is 9.59 Å². The van der Waals surface area contributed by atoms with Gasteiger partial charge in [-0.15, -0.1) is 0 Å². The zero-order chi connectivity index (χ0) is 18.9. The molecule has 5 rings (SSSR count). The number of halogens is 1. The fourth-order valence-corrected chi connectivity index (χ4v) is 5.66. The smallest absolute Gasteiger partial charge is 0.244 e. The zero-order valence-corrected chi connectivity index (χ0v) is 15.5. The average Bonchev–Trinajstić information content (AvgIpc) is 2.63. The van der Waals surface area contributed by atoms with E-state index in [-0.39, 0.29) is 29.5 Å². The summed E-state index contributed by atoms with van der Waals surface area (Å²) >= 11 is 0. The van der Waals surface area contributed by atoms with Crippen LogP contribution in [0.2, 0.25) is 0 Å². The van der Waals surface area contributed by atoms with E-state index in [1.54, 1.807) is 12.1 Å². The van der Waals surface area contributed by atoms with Crippen molar-refractivity contribution in [3.8, 4) is 5.75 Å². The van der Waals surface area contributed by atoms with E-state index in [0.29, 0.717) is 36.5 Å². The number of amides is 2. The Hall–Kier alpha value is -2.11. The average molecular weight is 374 g/mol. The predicted octanol–water partition coefficient (Wildman–Crippen LogP) is 3.35. The summed E-state index contributed by atoms with van der Waals surface area (Å²) in [5, 5.41) is 0. The van der Waals surface area contributed by atoms with E-state index in [2.05, 4.69) is 10.9 Å². The first-order valence-corrected chi connectivity index (χ1v) is 10.00. The van der Waals surface area contributed by atoms with E-state index in [0.717, 1.165) is 19.3 Å². The monoisotopic (exact) mass is 374 g/mol. The minimum absolute atomic E-state index is 0.00230. The normalized spacial score (nSPS) is 30.8. The van der Waals surface area contributed by atoms with Crippen LogP contribution >= 0.6 is 0 Å². The molecule has 0 radical (unpaired) electrons. The fourth-order valence-electron chi connectivity index (χ4n) is 5.66. The summed E-state index contributed by atoms with van der Waals surface area (Å²) < 4.78 is 18.3. The molecule has 2 N–H and O–H groups in total. The van der Waals surface area contributed by atoms with Crippen LogP contribution in [0.15, 0.2) is 24.3 Å². The number of hydrogen-bond donors (Lipinski definition) is 2. The van der Waals surface area contributed by atoms with Crippen molar-refractivity contribution in [1.29, 1.82) is 0 Å². The SMILES string of the molecule is O=C(CCCOc1ccc(F)cc1)NNC(=O)C12CC3CC(CC(C3)C1)C2. The highest BCUT2D eigenvalue weighted by molar-refractivity contribution is 5.86. The van der Waals surface area contributed by atoms with Crippen molar-refractivity contribution >= 4 is 11.8 Å². The third kappa shape index (κ3) is 4.09. The molecule has 0 saturated heterocycles. The number of nitrogens with one attached hydrogen (secondary N) is 2. The van der Waals surface area contributed by atoms with Crippen LogP contribution in [0.25, 0.3) is 0 Å². The largest absolute Gasteiger partial charge is 0.494 e.